The Bertz CT molecular complexity index is 306. The first-order valence-corrected chi connectivity index (χ1v) is 15.8. The summed E-state index contributed by atoms with van der Waals surface area (Å²) in [6, 6.07) is 0. The van der Waals surface area contributed by atoms with Crippen LogP contribution < -0.4 is 29.4 Å². The zero-order valence-corrected chi connectivity index (χ0v) is 22.4. The summed E-state index contributed by atoms with van der Waals surface area (Å²) in [5.74, 6) is 0. The van der Waals surface area contributed by atoms with Gasteiger partial charge in [0, 0.05) is 0 Å². The van der Waals surface area contributed by atoms with E-state index < -0.39 is 99.1 Å². The van der Waals surface area contributed by atoms with Gasteiger partial charge in [0.15, 0.2) is 0 Å². The molecule has 0 unspecified atom stereocenters. The minimum absolute atomic E-state index is 0. The third-order valence-corrected chi connectivity index (χ3v) is 0. The van der Waals surface area contributed by atoms with Crippen LogP contribution in [0.4, 0.5) is 0 Å². The Morgan fingerprint density at radius 1 is 0.500 bits per heavy atom. The quantitative estimate of drug-likeness (QED) is 0.161. The second-order valence-corrected chi connectivity index (χ2v) is 5.02. The molecule has 0 aromatic rings. The second-order valence-electron chi connectivity index (χ2n) is 1.14. The standard InChI is InChI=1S/Li.2H3O4P.6O.3U.H/c;2*1-5(2,3)4;;;;;;;;;;/h;2*(H3,1,2,3,4);;;;;;;;;;/q;;;;;;;;;3*+2;/p-6. The van der Waals surface area contributed by atoms with Crippen molar-refractivity contribution < 1.29 is 135 Å². The first-order chi connectivity index (χ1) is 8.24. The van der Waals surface area contributed by atoms with Crippen molar-refractivity contribution in [2.75, 3.05) is 0 Å². The van der Waals surface area contributed by atoms with Crippen LogP contribution in [0.3, 0.4) is 0 Å². The zero-order chi connectivity index (χ0) is 17.1. The third-order valence-electron chi connectivity index (χ3n) is 0. The van der Waals surface area contributed by atoms with Crippen molar-refractivity contribution in [2.24, 2.45) is 0 Å². The molecule has 20 heavy (non-hydrogen) atoms. The first-order valence-electron chi connectivity index (χ1n) is 2.69. The van der Waals surface area contributed by atoms with Crippen molar-refractivity contribution in [3.05, 3.63) is 0 Å². The number of rotatable bonds is 0. The van der Waals surface area contributed by atoms with Crippen LogP contribution in [0, 0.1) is 83.5 Å². The predicted octanol–water partition coefficient (Wildman–Crippen LogP) is -7.01. The van der Waals surface area contributed by atoms with Gasteiger partial charge in [-0.25, -0.2) is 0 Å². The van der Waals surface area contributed by atoms with Gasteiger partial charge in [0.05, 0.1) is 0 Å². The Kier molecular flexibility index (Phi) is 57.1. The molecule has 0 saturated heterocycles. The van der Waals surface area contributed by atoms with Gasteiger partial charge >= 0.3 is 116 Å². The van der Waals surface area contributed by atoms with Crippen LogP contribution in [0.1, 0.15) is 0 Å². The summed E-state index contributed by atoms with van der Waals surface area (Å²) in [5.41, 5.74) is 0. The Labute approximate surface area is 167 Å². The summed E-state index contributed by atoms with van der Waals surface area (Å²) in [6.07, 6.45) is 0. The molecule has 0 aromatic carbocycles. The van der Waals surface area contributed by atoms with E-state index >= 15 is 0 Å². The van der Waals surface area contributed by atoms with Gasteiger partial charge in [-0.05, 0) is 0 Å². The van der Waals surface area contributed by atoms with Gasteiger partial charge in [-0.2, -0.15) is 15.6 Å². The van der Waals surface area contributed by atoms with Gasteiger partial charge in [-0.1, -0.05) is 0 Å². The summed E-state index contributed by atoms with van der Waals surface area (Å²) < 4.78 is 68.6. The van der Waals surface area contributed by atoms with Gasteiger partial charge in [0.1, 0.15) is 0 Å². The molecule has 0 aliphatic heterocycles. The van der Waals surface area contributed by atoms with Gasteiger partial charge < -0.3 is 38.5 Å². The van der Waals surface area contributed by atoms with Crippen molar-refractivity contribution in [1.82, 2.24) is 0 Å². The average molecular weight is 1010 g/mol. The molecule has 108 valence electrons. The Balaban J connectivity index is -0.0000000310. The summed E-state index contributed by atoms with van der Waals surface area (Å²) in [4.78, 5) is 51.3. The van der Waals surface area contributed by atoms with Crippen LogP contribution in [0.5, 0.6) is 0 Å². The topological polar surface area (TPSA) is 275 Å². The predicted molar refractivity (Wildman–Crippen MR) is 26.5 cm³/mol. The molecule has 0 rings (SSSR count). The SMILES string of the molecule is O=P([O-])([O-])[O-].O=P([O-])([O-])[O-].[LiH].[O]=[U+2]=[O].[O]=[U+2]=[O].[O]=[U+2]=[O]. The van der Waals surface area contributed by atoms with E-state index in [4.69, 9.17) is 51.9 Å². The summed E-state index contributed by atoms with van der Waals surface area (Å²) in [7, 11) is -10.8. The molecule has 0 amide bonds. The van der Waals surface area contributed by atoms with Crippen molar-refractivity contribution in [2.45, 2.75) is 0 Å². The van der Waals surface area contributed by atoms with Crippen LogP contribution in [-0.2, 0) is 22.5 Å². The molecule has 0 heterocycles. The van der Waals surface area contributed by atoms with E-state index in [2.05, 4.69) is 0 Å². The summed E-state index contributed by atoms with van der Waals surface area (Å²) >= 11 is -7.52. The number of hydrogen-bond donors (Lipinski definition) is 0. The zero-order valence-electron chi connectivity index (χ0n) is 8.11. The summed E-state index contributed by atoms with van der Waals surface area (Å²) in [5, 5.41) is 0. The van der Waals surface area contributed by atoms with Gasteiger partial charge in [-0.3, -0.25) is 0 Å². The van der Waals surface area contributed by atoms with E-state index in [1.807, 2.05) is 0 Å². The van der Waals surface area contributed by atoms with E-state index in [1.54, 1.807) is 0 Å². The van der Waals surface area contributed by atoms with Crippen LogP contribution in [-0.4, -0.2) is 18.9 Å². The Hall–Kier alpha value is 2.77. The van der Waals surface area contributed by atoms with Crippen LogP contribution in [0.15, 0.2) is 0 Å². The molecule has 0 bridgehead atoms. The minimum atomic E-state index is -5.39. The monoisotopic (exact) mass is 1010 g/mol. The molecule has 20 heteroatoms. The van der Waals surface area contributed by atoms with Crippen LogP contribution in [0.2, 0.25) is 0 Å². The van der Waals surface area contributed by atoms with Crippen molar-refractivity contribution in [3.8, 4) is 0 Å². The molecule has 0 aliphatic rings. The molecule has 0 N–H and O–H groups in total. The maximum atomic E-state index is 8.58. The average Bonchev–Trinajstić information content (AvgIpc) is 1.99. The Morgan fingerprint density at radius 3 is 0.500 bits per heavy atom. The fourth-order valence-electron chi connectivity index (χ4n) is 0. The van der Waals surface area contributed by atoms with Crippen LogP contribution in [0.25, 0.3) is 0 Å². The molecule has 0 aliphatic carbocycles. The van der Waals surface area contributed by atoms with Gasteiger partial charge in [0.2, 0.25) is 0 Å². The molecular formula is HLiO14P2U3. The van der Waals surface area contributed by atoms with E-state index in [-0.39, 0.29) is 18.9 Å². The molecule has 14 nitrogen and oxygen atoms in total. The van der Waals surface area contributed by atoms with E-state index in [0.29, 0.717) is 0 Å². The van der Waals surface area contributed by atoms with Crippen molar-refractivity contribution in [3.63, 3.8) is 0 Å². The molecule has 0 fully saturated rings. The van der Waals surface area contributed by atoms with Crippen LogP contribution >= 0.6 is 15.6 Å². The first kappa shape index (κ1) is 38.4. The summed E-state index contributed by atoms with van der Waals surface area (Å²) in [6.45, 7) is 0. The van der Waals surface area contributed by atoms with Crippen molar-refractivity contribution in [1.29, 1.82) is 0 Å². The fourth-order valence-corrected chi connectivity index (χ4v) is 0. The molecule has 0 aromatic heterocycles. The number of phosphoric acid groups is 2. The van der Waals surface area contributed by atoms with E-state index in [9.17, 15) is 0 Å². The normalized spacial score (nSPS) is 7.10. The maximum absolute atomic E-state index is 8.58. The molecule has 0 atom stereocenters. The van der Waals surface area contributed by atoms with Crippen molar-refractivity contribution >= 4 is 34.5 Å². The van der Waals surface area contributed by atoms with Gasteiger partial charge in [-0.15, -0.1) is 0 Å². The third kappa shape index (κ3) is 1060. The van der Waals surface area contributed by atoms with E-state index in [0.717, 1.165) is 0 Å². The number of hydrogen-bond acceptors (Lipinski definition) is 14. The van der Waals surface area contributed by atoms with E-state index in [1.165, 1.54) is 0 Å². The second kappa shape index (κ2) is 29.7. The molecule has 0 radical (unpaired) electrons. The molecular weight excluding hydrogens is 1010 g/mol. The van der Waals surface area contributed by atoms with Gasteiger partial charge in [0.25, 0.3) is 0 Å². The molecule has 0 saturated carbocycles. The molecule has 0 spiro atoms. The fraction of sp³-hybridized carbons (Fsp3) is 0. The Morgan fingerprint density at radius 2 is 0.500 bits per heavy atom.